The summed E-state index contributed by atoms with van der Waals surface area (Å²) in [6.07, 6.45) is -0.0764. The Bertz CT molecular complexity index is 372. The predicted octanol–water partition coefficient (Wildman–Crippen LogP) is 3.67. The Balaban J connectivity index is 2.99. The van der Waals surface area contributed by atoms with Gasteiger partial charge in [-0.25, -0.2) is 4.79 Å². The van der Waals surface area contributed by atoms with E-state index < -0.39 is 0 Å². The molecule has 0 fully saturated rings. The summed E-state index contributed by atoms with van der Waals surface area (Å²) in [6, 6.07) is 5.90. The van der Waals surface area contributed by atoms with Gasteiger partial charge in [0.1, 0.15) is 0 Å². The molecular formula is C13H18O2S. The van der Waals surface area contributed by atoms with Crippen LogP contribution in [0.4, 0.5) is 0 Å². The van der Waals surface area contributed by atoms with E-state index >= 15 is 0 Å². The molecule has 0 radical (unpaired) electrons. The van der Waals surface area contributed by atoms with E-state index in [0.717, 1.165) is 16.2 Å². The van der Waals surface area contributed by atoms with Gasteiger partial charge in [-0.3, -0.25) is 0 Å². The molecule has 0 aromatic heterocycles. The Kier molecular flexibility index (Phi) is 4.87. The average molecular weight is 238 g/mol. The fourth-order valence-electron chi connectivity index (χ4n) is 1.36. The van der Waals surface area contributed by atoms with Crippen molar-refractivity contribution in [1.29, 1.82) is 0 Å². The van der Waals surface area contributed by atoms with Gasteiger partial charge in [-0.15, -0.1) is 11.8 Å². The molecule has 0 saturated heterocycles. The van der Waals surface area contributed by atoms with Crippen molar-refractivity contribution >= 4 is 17.7 Å². The average Bonchev–Trinajstić information content (AvgIpc) is 2.20. The number of rotatable bonds is 4. The Morgan fingerprint density at radius 2 is 2.12 bits per heavy atom. The molecule has 0 aliphatic rings. The van der Waals surface area contributed by atoms with Crippen LogP contribution in [-0.4, -0.2) is 17.8 Å². The third-order valence-electron chi connectivity index (χ3n) is 2.00. The molecule has 3 heteroatoms. The van der Waals surface area contributed by atoms with Crippen LogP contribution in [-0.2, 0) is 4.74 Å². The SMILES string of the molecule is CCSc1ccc(C)cc1C(=O)OC(C)C. The summed E-state index contributed by atoms with van der Waals surface area (Å²) >= 11 is 1.67. The van der Waals surface area contributed by atoms with E-state index in [9.17, 15) is 4.79 Å². The van der Waals surface area contributed by atoms with Crippen LogP contribution >= 0.6 is 11.8 Å². The maximum absolute atomic E-state index is 11.9. The third-order valence-corrected chi connectivity index (χ3v) is 2.95. The van der Waals surface area contributed by atoms with Crippen LogP contribution in [0.25, 0.3) is 0 Å². The summed E-state index contributed by atoms with van der Waals surface area (Å²) in [5.41, 5.74) is 1.76. The maximum atomic E-state index is 11.9. The van der Waals surface area contributed by atoms with Crippen molar-refractivity contribution in [1.82, 2.24) is 0 Å². The van der Waals surface area contributed by atoms with Gasteiger partial charge in [-0.2, -0.15) is 0 Å². The van der Waals surface area contributed by atoms with Crippen LogP contribution in [0.1, 0.15) is 36.7 Å². The number of thioether (sulfide) groups is 1. The quantitative estimate of drug-likeness (QED) is 0.591. The summed E-state index contributed by atoms with van der Waals surface area (Å²) in [6.45, 7) is 7.77. The van der Waals surface area contributed by atoms with E-state index in [4.69, 9.17) is 4.74 Å². The molecule has 0 heterocycles. The lowest BCUT2D eigenvalue weighted by molar-refractivity contribution is 0.0373. The highest BCUT2D eigenvalue weighted by atomic mass is 32.2. The van der Waals surface area contributed by atoms with Crippen LogP contribution in [0.3, 0.4) is 0 Å². The van der Waals surface area contributed by atoms with Crippen molar-refractivity contribution in [3.8, 4) is 0 Å². The summed E-state index contributed by atoms with van der Waals surface area (Å²) in [5.74, 6) is 0.722. The van der Waals surface area contributed by atoms with Gasteiger partial charge in [0.25, 0.3) is 0 Å². The van der Waals surface area contributed by atoms with Crippen LogP contribution in [0.15, 0.2) is 23.1 Å². The van der Waals surface area contributed by atoms with Gasteiger partial charge in [0, 0.05) is 4.90 Å². The highest BCUT2D eigenvalue weighted by molar-refractivity contribution is 7.99. The van der Waals surface area contributed by atoms with Crippen LogP contribution in [0, 0.1) is 6.92 Å². The minimum absolute atomic E-state index is 0.0764. The second kappa shape index (κ2) is 5.94. The molecule has 0 unspecified atom stereocenters. The van der Waals surface area contributed by atoms with Crippen LogP contribution in [0.5, 0.6) is 0 Å². The number of hydrogen-bond donors (Lipinski definition) is 0. The topological polar surface area (TPSA) is 26.3 Å². The fourth-order valence-corrected chi connectivity index (χ4v) is 2.14. The summed E-state index contributed by atoms with van der Waals surface area (Å²) < 4.78 is 5.23. The number of hydrogen-bond acceptors (Lipinski definition) is 3. The number of benzene rings is 1. The van der Waals surface area contributed by atoms with Gasteiger partial charge < -0.3 is 4.74 Å². The molecule has 1 rings (SSSR count). The summed E-state index contributed by atoms with van der Waals surface area (Å²) in [5, 5.41) is 0. The molecule has 0 atom stereocenters. The first-order chi connectivity index (χ1) is 7.54. The normalized spacial score (nSPS) is 10.6. The molecule has 0 aliphatic carbocycles. The Morgan fingerprint density at radius 3 is 2.69 bits per heavy atom. The molecule has 0 bridgehead atoms. The highest BCUT2D eigenvalue weighted by Crippen LogP contribution is 2.24. The lowest BCUT2D eigenvalue weighted by atomic mass is 10.1. The lowest BCUT2D eigenvalue weighted by Crippen LogP contribution is -2.12. The second-order valence-electron chi connectivity index (χ2n) is 3.89. The van der Waals surface area contributed by atoms with E-state index in [1.807, 2.05) is 39.0 Å². The van der Waals surface area contributed by atoms with Crippen molar-refractivity contribution in [3.05, 3.63) is 29.3 Å². The number of aryl methyl sites for hydroxylation is 1. The highest BCUT2D eigenvalue weighted by Gasteiger charge is 2.14. The molecule has 0 saturated carbocycles. The van der Waals surface area contributed by atoms with Gasteiger partial charge in [0.2, 0.25) is 0 Å². The van der Waals surface area contributed by atoms with Crippen molar-refractivity contribution in [2.24, 2.45) is 0 Å². The number of ether oxygens (including phenoxy) is 1. The molecule has 0 amide bonds. The number of esters is 1. The van der Waals surface area contributed by atoms with Crippen molar-refractivity contribution in [2.45, 2.75) is 38.7 Å². The first-order valence-electron chi connectivity index (χ1n) is 5.49. The summed E-state index contributed by atoms with van der Waals surface area (Å²) in [7, 11) is 0. The predicted molar refractivity (Wildman–Crippen MR) is 68.1 cm³/mol. The standard InChI is InChI=1S/C13H18O2S/c1-5-16-12-7-6-10(4)8-11(12)13(14)15-9(2)3/h6-9H,5H2,1-4H3. The van der Waals surface area contributed by atoms with Crippen molar-refractivity contribution < 1.29 is 9.53 Å². The molecule has 1 aromatic rings. The maximum Gasteiger partial charge on any atom is 0.339 e. The number of carbonyl (C=O) groups is 1. The Morgan fingerprint density at radius 1 is 1.44 bits per heavy atom. The minimum atomic E-state index is -0.227. The zero-order chi connectivity index (χ0) is 12.1. The molecule has 1 aromatic carbocycles. The van der Waals surface area contributed by atoms with E-state index in [2.05, 4.69) is 6.92 Å². The molecule has 0 N–H and O–H groups in total. The fraction of sp³-hybridized carbons (Fsp3) is 0.462. The van der Waals surface area contributed by atoms with Crippen LogP contribution < -0.4 is 0 Å². The first-order valence-corrected chi connectivity index (χ1v) is 6.47. The lowest BCUT2D eigenvalue weighted by Gasteiger charge is -2.11. The molecule has 88 valence electrons. The molecule has 16 heavy (non-hydrogen) atoms. The van der Waals surface area contributed by atoms with Gasteiger partial charge >= 0.3 is 5.97 Å². The van der Waals surface area contributed by atoms with Gasteiger partial charge in [-0.05, 0) is 38.7 Å². The minimum Gasteiger partial charge on any atom is -0.459 e. The third kappa shape index (κ3) is 3.56. The smallest absolute Gasteiger partial charge is 0.339 e. The Labute approximate surface area is 101 Å². The van der Waals surface area contributed by atoms with Crippen molar-refractivity contribution in [2.75, 3.05) is 5.75 Å². The van der Waals surface area contributed by atoms with E-state index in [1.54, 1.807) is 11.8 Å². The summed E-state index contributed by atoms with van der Waals surface area (Å²) in [4.78, 5) is 12.9. The van der Waals surface area contributed by atoms with Gasteiger partial charge in [0.05, 0.1) is 11.7 Å². The van der Waals surface area contributed by atoms with Crippen molar-refractivity contribution in [3.63, 3.8) is 0 Å². The molecular weight excluding hydrogens is 220 g/mol. The Hall–Kier alpha value is -0.960. The monoisotopic (exact) mass is 238 g/mol. The second-order valence-corrected chi connectivity index (χ2v) is 5.19. The molecule has 2 nitrogen and oxygen atoms in total. The van der Waals surface area contributed by atoms with Crippen LogP contribution in [0.2, 0.25) is 0 Å². The zero-order valence-corrected chi connectivity index (χ0v) is 11.1. The number of carbonyl (C=O) groups excluding carboxylic acids is 1. The molecule has 0 aliphatic heterocycles. The van der Waals surface area contributed by atoms with Gasteiger partial charge in [-0.1, -0.05) is 18.6 Å². The molecule has 0 spiro atoms. The first kappa shape index (κ1) is 13.1. The van der Waals surface area contributed by atoms with Gasteiger partial charge in [0.15, 0.2) is 0 Å². The van der Waals surface area contributed by atoms with E-state index in [0.29, 0.717) is 5.56 Å². The zero-order valence-electron chi connectivity index (χ0n) is 10.2. The van der Waals surface area contributed by atoms with E-state index in [1.165, 1.54) is 0 Å². The largest absolute Gasteiger partial charge is 0.459 e. The van der Waals surface area contributed by atoms with E-state index in [-0.39, 0.29) is 12.1 Å².